The topological polar surface area (TPSA) is 113 Å². The molecule has 1 heterocycles. The number of hydrogen-bond donors (Lipinski definition) is 1. The van der Waals surface area contributed by atoms with Gasteiger partial charge in [-0.25, -0.2) is 4.79 Å². The van der Waals surface area contributed by atoms with Crippen LogP contribution in [0.1, 0.15) is 28.4 Å². The van der Waals surface area contributed by atoms with Gasteiger partial charge in [0.25, 0.3) is 5.56 Å². The highest BCUT2D eigenvalue weighted by atomic mass is 16.5. The fourth-order valence-corrected chi connectivity index (χ4v) is 3.21. The molecule has 2 aromatic carbocycles. The van der Waals surface area contributed by atoms with Crippen molar-refractivity contribution < 1.29 is 14.3 Å². The molecule has 0 radical (unpaired) electrons. The molecule has 0 aliphatic rings. The van der Waals surface area contributed by atoms with Crippen LogP contribution in [0, 0.1) is 0 Å². The quantitative estimate of drug-likeness (QED) is 0.437. The van der Waals surface area contributed by atoms with E-state index in [2.05, 4.69) is 0 Å². The van der Waals surface area contributed by atoms with E-state index in [9.17, 15) is 19.2 Å². The summed E-state index contributed by atoms with van der Waals surface area (Å²) in [6, 6.07) is 18.0. The number of aromatic nitrogens is 2. The minimum atomic E-state index is -0.793. The number of benzene rings is 2. The van der Waals surface area contributed by atoms with Crippen LogP contribution >= 0.6 is 0 Å². The third-order valence-electron chi connectivity index (χ3n) is 4.80. The summed E-state index contributed by atoms with van der Waals surface area (Å²) in [6.45, 7) is 1.15. The molecule has 8 heteroatoms. The first-order chi connectivity index (χ1) is 14.9. The van der Waals surface area contributed by atoms with Crippen molar-refractivity contribution in [1.82, 2.24) is 9.13 Å². The van der Waals surface area contributed by atoms with Crippen molar-refractivity contribution in [3.05, 3.63) is 98.2 Å². The number of nitrogens with zero attached hydrogens (tertiary/aromatic N) is 2. The largest absolute Gasteiger partial charge is 0.457 e. The number of hydrogen-bond acceptors (Lipinski definition) is 6. The highest BCUT2D eigenvalue weighted by Crippen LogP contribution is 2.10. The molecule has 0 atom stereocenters. The molecule has 0 aliphatic carbocycles. The molecular formula is C23H23N3O5. The Labute approximate surface area is 178 Å². The number of ketones is 1. The summed E-state index contributed by atoms with van der Waals surface area (Å²) in [7, 11) is 0. The van der Waals surface area contributed by atoms with Gasteiger partial charge in [-0.1, -0.05) is 60.7 Å². The average Bonchev–Trinajstić information content (AvgIpc) is 2.77. The van der Waals surface area contributed by atoms with Crippen LogP contribution in [0.3, 0.4) is 0 Å². The maximum atomic E-state index is 12.7. The molecule has 0 aliphatic heterocycles. The SMILES string of the molecule is CCn1c(=O)c(C(=O)COC(=O)Cc2ccccc2)c(N)n(Cc2ccccc2)c1=O. The second kappa shape index (κ2) is 9.71. The third-order valence-corrected chi connectivity index (χ3v) is 4.80. The van der Waals surface area contributed by atoms with Crippen LogP contribution in [0.25, 0.3) is 0 Å². The Hall–Kier alpha value is -3.94. The lowest BCUT2D eigenvalue weighted by atomic mass is 10.1. The van der Waals surface area contributed by atoms with Crippen LogP contribution in [0.4, 0.5) is 5.82 Å². The van der Waals surface area contributed by atoms with Gasteiger partial charge >= 0.3 is 11.7 Å². The monoisotopic (exact) mass is 421 g/mol. The van der Waals surface area contributed by atoms with Crippen LogP contribution in [-0.2, 0) is 29.0 Å². The number of carbonyl (C=O) groups excluding carboxylic acids is 2. The van der Waals surface area contributed by atoms with Gasteiger partial charge in [0.05, 0.1) is 13.0 Å². The van der Waals surface area contributed by atoms with E-state index in [4.69, 9.17) is 10.5 Å². The molecule has 0 unspecified atom stereocenters. The number of esters is 1. The van der Waals surface area contributed by atoms with Crippen LogP contribution < -0.4 is 17.0 Å². The van der Waals surface area contributed by atoms with Gasteiger partial charge in [0.2, 0.25) is 5.78 Å². The number of Topliss-reactive ketones (excluding diaryl/α,β-unsaturated/α-hetero) is 1. The van der Waals surface area contributed by atoms with Crippen LogP contribution in [-0.4, -0.2) is 27.5 Å². The van der Waals surface area contributed by atoms with Crippen molar-refractivity contribution in [2.45, 2.75) is 26.4 Å². The van der Waals surface area contributed by atoms with E-state index in [1.165, 1.54) is 4.57 Å². The van der Waals surface area contributed by atoms with Crippen molar-refractivity contribution in [3.63, 3.8) is 0 Å². The standard InChI is InChI=1S/C23H23N3O5/c1-2-25-22(29)20(18(27)15-31-19(28)13-16-9-5-3-6-10-16)21(24)26(23(25)30)14-17-11-7-4-8-12-17/h3-12H,2,13-15,24H2,1H3. The summed E-state index contributed by atoms with van der Waals surface area (Å²) in [6.07, 6.45) is -0.00367. The van der Waals surface area contributed by atoms with Gasteiger partial charge < -0.3 is 10.5 Å². The summed E-state index contributed by atoms with van der Waals surface area (Å²) >= 11 is 0. The molecule has 1 aromatic heterocycles. The van der Waals surface area contributed by atoms with Crippen LogP contribution in [0.15, 0.2) is 70.3 Å². The Morgan fingerprint density at radius 3 is 2.06 bits per heavy atom. The lowest BCUT2D eigenvalue weighted by Gasteiger charge is -2.16. The summed E-state index contributed by atoms with van der Waals surface area (Å²) in [4.78, 5) is 50.3. The van der Waals surface area contributed by atoms with Crippen molar-refractivity contribution in [1.29, 1.82) is 0 Å². The molecule has 0 saturated carbocycles. The summed E-state index contributed by atoms with van der Waals surface area (Å²) in [5.74, 6) is -1.60. The normalized spacial score (nSPS) is 10.6. The first-order valence-electron chi connectivity index (χ1n) is 9.82. The second-order valence-electron chi connectivity index (χ2n) is 6.91. The van der Waals surface area contributed by atoms with E-state index < -0.39 is 29.6 Å². The number of carbonyl (C=O) groups is 2. The molecule has 8 nitrogen and oxygen atoms in total. The molecular weight excluding hydrogens is 398 g/mol. The molecule has 31 heavy (non-hydrogen) atoms. The van der Waals surface area contributed by atoms with Crippen molar-refractivity contribution >= 4 is 17.6 Å². The molecule has 0 saturated heterocycles. The van der Waals surface area contributed by atoms with E-state index in [1.807, 2.05) is 24.3 Å². The first-order valence-corrected chi connectivity index (χ1v) is 9.82. The van der Waals surface area contributed by atoms with Gasteiger partial charge in [-0.05, 0) is 18.1 Å². The van der Waals surface area contributed by atoms with Crippen molar-refractivity contribution in [2.24, 2.45) is 0 Å². The minimum Gasteiger partial charge on any atom is -0.457 e. The zero-order valence-electron chi connectivity index (χ0n) is 17.1. The van der Waals surface area contributed by atoms with E-state index in [-0.39, 0.29) is 30.9 Å². The number of anilines is 1. The zero-order chi connectivity index (χ0) is 22.4. The van der Waals surface area contributed by atoms with Crippen LogP contribution in [0.2, 0.25) is 0 Å². The lowest BCUT2D eigenvalue weighted by molar-refractivity contribution is -0.141. The predicted molar refractivity (Wildman–Crippen MR) is 116 cm³/mol. The van der Waals surface area contributed by atoms with E-state index in [0.717, 1.165) is 15.7 Å². The van der Waals surface area contributed by atoms with E-state index in [1.54, 1.807) is 43.3 Å². The van der Waals surface area contributed by atoms with Gasteiger partial charge in [-0.2, -0.15) is 0 Å². The lowest BCUT2D eigenvalue weighted by Crippen LogP contribution is -2.44. The molecule has 0 amide bonds. The molecule has 2 N–H and O–H groups in total. The first kappa shape index (κ1) is 21.8. The Morgan fingerprint density at radius 1 is 0.903 bits per heavy atom. The highest BCUT2D eigenvalue weighted by Gasteiger charge is 2.23. The number of ether oxygens (including phenoxy) is 1. The predicted octanol–water partition coefficient (Wildman–Crippen LogP) is 1.63. The molecule has 3 aromatic rings. The summed E-state index contributed by atoms with van der Waals surface area (Å²) in [5.41, 5.74) is 5.84. The third kappa shape index (κ3) is 4.98. The molecule has 0 bridgehead atoms. The molecule has 3 rings (SSSR count). The van der Waals surface area contributed by atoms with Gasteiger partial charge in [-0.15, -0.1) is 0 Å². The molecule has 0 spiro atoms. The van der Waals surface area contributed by atoms with Gasteiger partial charge in [0.15, 0.2) is 6.61 Å². The fourth-order valence-electron chi connectivity index (χ4n) is 3.21. The van der Waals surface area contributed by atoms with Gasteiger partial charge in [-0.3, -0.25) is 23.5 Å². The Morgan fingerprint density at radius 2 is 1.48 bits per heavy atom. The second-order valence-corrected chi connectivity index (χ2v) is 6.91. The Kier molecular flexibility index (Phi) is 6.81. The Balaban J connectivity index is 1.86. The maximum absolute atomic E-state index is 12.7. The highest BCUT2D eigenvalue weighted by molar-refractivity contribution is 6.01. The minimum absolute atomic E-state index is 0.00367. The summed E-state index contributed by atoms with van der Waals surface area (Å²) < 4.78 is 7.18. The molecule has 160 valence electrons. The zero-order valence-corrected chi connectivity index (χ0v) is 17.1. The fraction of sp³-hybridized carbons (Fsp3) is 0.217. The maximum Gasteiger partial charge on any atom is 0.332 e. The molecule has 0 fully saturated rings. The van der Waals surface area contributed by atoms with Crippen LogP contribution in [0.5, 0.6) is 0 Å². The number of nitrogen functional groups attached to an aromatic ring is 1. The summed E-state index contributed by atoms with van der Waals surface area (Å²) in [5, 5.41) is 0. The average molecular weight is 421 g/mol. The van der Waals surface area contributed by atoms with E-state index >= 15 is 0 Å². The van der Waals surface area contributed by atoms with Crippen molar-refractivity contribution in [2.75, 3.05) is 12.3 Å². The number of rotatable bonds is 8. The van der Waals surface area contributed by atoms with E-state index in [0.29, 0.717) is 0 Å². The smallest absolute Gasteiger partial charge is 0.332 e. The number of nitrogens with two attached hydrogens (primary N) is 1. The van der Waals surface area contributed by atoms with Crippen molar-refractivity contribution in [3.8, 4) is 0 Å². The van der Waals surface area contributed by atoms with Gasteiger partial charge in [0, 0.05) is 6.54 Å². The van der Waals surface area contributed by atoms with Gasteiger partial charge in [0.1, 0.15) is 11.4 Å². The Bertz CT molecular complexity index is 1200.